The van der Waals surface area contributed by atoms with Gasteiger partial charge in [0.05, 0.1) is 0 Å². The Bertz CT molecular complexity index is 311. The Labute approximate surface area is 104 Å². The molecule has 1 fully saturated rings. The van der Waals surface area contributed by atoms with Gasteiger partial charge in [-0.15, -0.1) is 0 Å². The number of aliphatic carboxylic acids is 2. The number of rotatable bonds is 5. The van der Waals surface area contributed by atoms with Gasteiger partial charge in [0.25, 0.3) is 0 Å². The van der Waals surface area contributed by atoms with Crippen LogP contribution in [0.1, 0.15) is 19.3 Å². The molecule has 1 heterocycles. The zero-order chi connectivity index (χ0) is 13.5. The van der Waals surface area contributed by atoms with E-state index in [1.54, 1.807) is 5.01 Å². The molecule has 0 saturated carbocycles. The minimum absolute atomic E-state index is 0.633. The van der Waals surface area contributed by atoms with E-state index in [1.165, 1.54) is 0 Å². The summed E-state index contributed by atoms with van der Waals surface area (Å²) >= 11 is 0. The molecule has 1 aliphatic heterocycles. The Morgan fingerprint density at radius 1 is 1.00 bits per heavy atom. The lowest BCUT2D eigenvalue weighted by Gasteiger charge is -2.29. The molecule has 0 bridgehead atoms. The number of hydrogen-bond acceptors (Lipinski definition) is 4. The van der Waals surface area contributed by atoms with E-state index >= 15 is 0 Å². The van der Waals surface area contributed by atoms with Crippen molar-refractivity contribution in [3.63, 3.8) is 0 Å². The number of carbonyl (C=O) groups excluding carboxylic acids is 1. The molecule has 1 aliphatic rings. The molecule has 0 aliphatic carbocycles. The van der Waals surface area contributed by atoms with Crippen LogP contribution in [0.4, 0.5) is 4.79 Å². The van der Waals surface area contributed by atoms with E-state index in [0.717, 1.165) is 24.2 Å². The van der Waals surface area contributed by atoms with Crippen molar-refractivity contribution in [2.45, 2.75) is 19.3 Å². The number of hydrogen-bond donors (Lipinski definition) is 3. The van der Waals surface area contributed by atoms with Gasteiger partial charge in [-0.2, -0.15) is 0 Å². The predicted octanol–water partition coefficient (Wildman–Crippen LogP) is -0.432. The molecule has 2 amide bonds. The van der Waals surface area contributed by atoms with Crippen LogP contribution < -0.4 is 5.43 Å². The zero-order valence-electron chi connectivity index (χ0n) is 9.96. The number of nitrogens with zero attached hydrogens (tertiary/aromatic N) is 2. The molecule has 18 heavy (non-hydrogen) atoms. The molecule has 1 saturated heterocycles. The first kappa shape index (κ1) is 14.2. The quantitative estimate of drug-likeness (QED) is 0.618. The van der Waals surface area contributed by atoms with E-state index in [2.05, 4.69) is 5.43 Å². The summed E-state index contributed by atoms with van der Waals surface area (Å²) in [6.07, 6.45) is 3.01. The van der Waals surface area contributed by atoms with Crippen molar-refractivity contribution in [3.8, 4) is 0 Å². The smallest absolute Gasteiger partial charge is 0.332 e. The highest BCUT2D eigenvalue weighted by Gasteiger charge is 2.22. The second-order valence-electron chi connectivity index (χ2n) is 4.11. The lowest BCUT2D eigenvalue weighted by atomic mass is 10.2. The van der Waals surface area contributed by atoms with Crippen LogP contribution in [0.25, 0.3) is 0 Å². The number of carboxylic acids is 2. The van der Waals surface area contributed by atoms with E-state index < -0.39 is 31.1 Å². The van der Waals surface area contributed by atoms with Crippen LogP contribution in [-0.4, -0.2) is 64.3 Å². The molecular weight excluding hydrogens is 242 g/mol. The fourth-order valence-electron chi connectivity index (χ4n) is 1.74. The summed E-state index contributed by atoms with van der Waals surface area (Å²) < 4.78 is 0. The molecule has 102 valence electrons. The summed E-state index contributed by atoms with van der Waals surface area (Å²) in [6, 6.07) is -0.693. The fourth-order valence-corrected chi connectivity index (χ4v) is 1.74. The lowest BCUT2D eigenvalue weighted by molar-refractivity contribution is -0.140. The number of hydrazine groups is 1. The van der Waals surface area contributed by atoms with Gasteiger partial charge in [0.2, 0.25) is 0 Å². The maximum atomic E-state index is 11.7. The Morgan fingerprint density at radius 3 is 1.94 bits per heavy atom. The molecule has 0 radical (unpaired) electrons. The molecule has 0 aromatic heterocycles. The van der Waals surface area contributed by atoms with Crippen LogP contribution in [0.15, 0.2) is 0 Å². The third-order valence-electron chi connectivity index (χ3n) is 2.55. The van der Waals surface area contributed by atoms with Crippen LogP contribution in [0.3, 0.4) is 0 Å². The first-order valence-corrected chi connectivity index (χ1v) is 5.73. The van der Waals surface area contributed by atoms with Gasteiger partial charge in [-0.25, -0.2) is 9.80 Å². The molecule has 3 N–H and O–H groups in total. The third kappa shape index (κ3) is 5.00. The number of nitrogens with one attached hydrogen (secondary N) is 1. The predicted molar refractivity (Wildman–Crippen MR) is 60.8 cm³/mol. The fraction of sp³-hybridized carbons (Fsp3) is 0.700. The number of carbonyl (C=O) groups is 3. The summed E-state index contributed by atoms with van der Waals surface area (Å²) in [7, 11) is 0. The van der Waals surface area contributed by atoms with Crippen molar-refractivity contribution >= 4 is 18.0 Å². The first-order chi connectivity index (χ1) is 8.49. The molecule has 0 aromatic rings. The number of amides is 2. The zero-order valence-corrected chi connectivity index (χ0v) is 9.96. The van der Waals surface area contributed by atoms with E-state index in [0.29, 0.717) is 13.1 Å². The Morgan fingerprint density at radius 2 is 1.50 bits per heavy atom. The highest BCUT2D eigenvalue weighted by atomic mass is 16.4. The number of carboxylic acid groups (broad SMARTS) is 2. The second-order valence-corrected chi connectivity index (χ2v) is 4.11. The average Bonchev–Trinajstić information content (AvgIpc) is 2.28. The normalized spacial score (nSPS) is 16.0. The summed E-state index contributed by atoms with van der Waals surface area (Å²) in [5, 5.41) is 18.9. The molecule has 0 atom stereocenters. The third-order valence-corrected chi connectivity index (χ3v) is 2.55. The van der Waals surface area contributed by atoms with Gasteiger partial charge >= 0.3 is 18.0 Å². The standard InChI is InChI=1S/C10H17N3O5/c14-8(15)6-12(7-9(16)17)10(18)11-13-4-2-1-3-5-13/h1-7H2,(H,11,18)(H,14,15)(H,16,17). The van der Waals surface area contributed by atoms with E-state index in [-0.39, 0.29) is 0 Å². The van der Waals surface area contributed by atoms with E-state index in [4.69, 9.17) is 10.2 Å². The Balaban J connectivity index is 2.51. The van der Waals surface area contributed by atoms with Crippen molar-refractivity contribution in [3.05, 3.63) is 0 Å². The van der Waals surface area contributed by atoms with Crippen molar-refractivity contribution in [2.24, 2.45) is 0 Å². The molecular formula is C10H17N3O5. The van der Waals surface area contributed by atoms with Crippen LogP contribution in [0.2, 0.25) is 0 Å². The van der Waals surface area contributed by atoms with Gasteiger partial charge < -0.3 is 15.1 Å². The first-order valence-electron chi connectivity index (χ1n) is 5.73. The van der Waals surface area contributed by atoms with Crippen LogP contribution >= 0.6 is 0 Å². The van der Waals surface area contributed by atoms with Crippen molar-refractivity contribution in [2.75, 3.05) is 26.2 Å². The van der Waals surface area contributed by atoms with Crippen molar-refractivity contribution in [1.29, 1.82) is 0 Å². The van der Waals surface area contributed by atoms with Crippen molar-refractivity contribution < 1.29 is 24.6 Å². The minimum atomic E-state index is -1.25. The van der Waals surface area contributed by atoms with Gasteiger partial charge in [0.1, 0.15) is 13.1 Å². The maximum Gasteiger partial charge on any atom is 0.332 e. The average molecular weight is 259 g/mol. The number of piperidine rings is 1. The van der Waals surface area contributed by atoms with Crippen LogP contribution in [0, 0.1) is 0 Å². The van der Waals surface area contributed by atoms with Gasteiger partial charge in [-0.3, -0.25) is 15.0 Å². The van der Waals surface area contributed by atoms with Gasteiger partial charge in [0, 0.05) is 13.1 Å². The lowest BCUT2D eigenvalue weighted by Crippen LogP contribution is -2.52. The maximum absolute atomic E-state index is 11.7. The summed E-state index contributed by atoms with van der Waals surface area (Å²) in [6.45, 7) is 0.122. The topological polar surface area (TPSA) is 110 Å². The molecule has 0 aromatic carbocycles. The van der Waals surface area contributed by atoms with Gasteiger partial charge in [-0.05, 0) is 12.8 Å². The van der Waals surface area contributed by atoms with Crippen molar-refractivity contribution in [1.82, 2.24) is 15.3 Å². The van der Waals surface area contributed by atoms with E-state index in [9.17, 15) is 14.4 Å². The summed E-state index contributed by atoms with van der Waals surface area (Å²) in [4.78, 5) is 33.6. The second kappa shape index (κ2) is 6.80. The van der Waals surface area contributed by atoms with Crippen LogP contribution in [0.5, 0.6) is 0 Å². The number of urea groups is 1. The monoisotopic (exact) mass is 259 g/mol. The Kier molecular flexibility index (Phi) is 5.37. The molecule has 8 heteroatoms. The highest BCUT2D eigenvalue weighted by Crippen LogP contribution is 2.06. The van der Waals surface area contributed by atoms with Crippen LogP contribution in [-0.2, 0) is 9.59 Å². The Hall–Kier alpha value is -1.83. The summed E-state index contributed by atoms with van der Waals surface area (Å²) in [5.41, 5.74) is 2.52. The molecule has 1 rings (SSSR count). The minimum Gasteiger partial charge on any atom is -0.480 e. The molecule has 0 spiro atoms. The SMILES string of the molecule is O=C(O)CN(CC(=O)O)C(=O)NN1CCCCC1. The van der Waals surface area contributed by atoms with Gasteiger partial charge in [-0.1, -0.05) is 6.42 Å². The molecule has 8 nitrogen and oxygen atoms in total. The highest BCUT2D eigenvalue weighted by molar-refractivity contribution is 5.83. The summed E-state index contributed by atoms with van der Waals surface area (Å²) in [5.74, 6) is -2.49. The van der Waals surface area contributed by atoms with Gasteiger partial charge in [0.15, 0.2) is 0 Å². The van der Waals surface area contributed by atoms with E-state index in [1.807, 2.05) is 0 Å². The largest absolute Gasteiger partial charge is 0.480 e. The molecule has 0 unspecified atom stereocenters.